The number of hydrogen-bond donors (Lipinski definition) is 0. The third kappa shape index (κ3) is 2.16. The van der Waals surface area contributed by atoms with Gasteiger partial charge in [-0.05, 0) is 19.1 Å². The Hall–Kier alpha value is -0.625. The van der Waals surface area contributed by atoms with E-state index in [0.717, 1.165) is 0 Å². The molecule has 1 aromatic carbocycles. The Morgan fingerprint density at radius 2 is 2.27 bits per heavy atom. The number of hydrogen-bond acceptors (Lipinski definition) is 1. The molecule has 0 atom stereocenters. The van der Waals surface area contributed by atoms with Crippen molar-refractivity contribution in [3.63, 3.8) is 0 Å². The minimum Gasteiger partial charge on any atom is -0.492 e. The summed E-state index contributed by atoms with van der Waals surface area (Å²) in [6.45, 7) is 2.52. The smallest absolute Gasteiger partial charge is 0.137 e. The van der Waals surface area contributed by atoms with E-state index in [2.05, 4.69) is 0 Å². The second kappa shape index (κ2) is 3.68. The Morgan fingerprint density at radius 1 is 1.55 bits per heavy atom. The largest absolute Gasteiger partial charge is 0.492 e. The molecule has 1 nitrogen and oxygen atoms in total. The molecule has 0 heterocycles. The van der Waals surface area contributed by atoms with Gasteiger partial charge >= 0.3 is 0 Å². The Balaban J connectivity index is 2.90. The van der Waals surface area contributed by atoms with Gasteiger partial charge in [0.1, 0.15) is 13.6 Å². The van der Waals surface area contributed by atoms with Crippen LogP contribution in [0.5, 0.6) is 5.75 Å². The molecular formula is C8H8BClO. The van der Waals surface area contributed by atoms with Crippen LogP contribution in [-0.4, -0.2) is 14.5 Å². The van der Waals surface area contributed by atoms with Crippen LogP contribution in [0.3, 0.4) is 0 Å². The summed E-state index contributed by atoms with van der Waals surface area (Å²) in [4.78, 5) is 0. The van der Waals surface area contributed by atoms with Gasteiger partial charge in [-0.1, -0.05) is 23.1 Å². The maximum Gasteiger partial charge on any atom is 0.137 e. The van der Waals surface area contributed by atoms with Crippen LogP contribution in [0.2, 0.25) is 5.02 Å². The van der Waals surface area contributed by atoms with E-state index >= 15 is 0 Å². The van der Waals surface area contributed by atoms with Crippen molar-refractivity contribution < 1.29 is 4.74 Å². The predicted molar refractivity (Wildman–Crippen MR) is 48.0 cm³/mol. The van der Waals surface area contributed by atoms with Crippen molar-refractivity contribution in [3.05, 3.63) is 23.2 Å². The monoisotopic (exact) mass is 166 g/mol. The van der Waals surface area contributed by atoms with Gasteiger partial charge in [0.25, 0.3) is 0 Å². The predicted octanol–water partition coefficient (Wildman–Crippen LogP) is 1.53. The van der Waals surface area contributed by atoms with Crippen molar-refractivity contribution in [2.24, 2.45) is 0 Å². The zero-order chi connectivity index (χ0) is 8.27. The fraction of sp³-hybridized carbons (Fsp3) is 0.250. The van der Waals surface area contributed by atoms with Gasteiger partial charge in [0.2, 0.25) is 0 Å². The summed E-state index contributed by atoms with van der Waals surface area (Å²) in [6.07, 6.45) is 0. The molecule has 0 amide bonds. The van der Waals surface area contributed by atoms with Crippen LogP contribution in [0, 0.1) is 0 Å². The number of benzene rings is 1. The molecule has 0 saturated heterocycles. The molecule has 1 rings (SSSR count). The summed E-state index contributed by atoms with van der Waals surface area (Å²) in [5.74, 6) is 0.684. The lowest BCUT2D eigenvalue weighted by Crippen LogP contribution is -2.02. The fourth-order valence-corrected chi connectivity index (χ4v) is 1.03. The van der Waals surface area contributed by atoms with Crippen LogP contribution < -0.4 is 10.2 Å². The molecule has 3 heteroatoms. The van der Waals surface area contributed by atoms with Crippen molar-refractivity contribution >= 4 is 24.9 Å². The van der Waals surface area contributed by atoms with E-state index in [1.807, 2.05) is 6.92 Å². The molecule has 0 N–H and O–H groups in total. The van der Waals surface area contributed by atoms with Crippen molar-refractivity contribution in [1.29, 1.82) is 0 Å². The van der Waals surface area contributed by atoms with E-state index in [1.54, 1.807) is 18.2 Å². The van der Waals surface area contributed by atoms with Crippen LogP contribution >= 0.6 is 11.6 Å². The lowest BCUT2D eigenvalue weighted by atomic mass is 9.97. The average molecular weight is 166 g/mol. The van der Waals surface area contributed by atoms with Gasteiger partial charge in [-0.25, -0.2) is 0 Å². The second-order valence-corrected chi connectivity index (χ2v) is 2.53. The number of rotatable bonds is 2. The van der Waals surface area contributed by atoms with Crippen LogP contribution in [0.1, 0.15) is 6.92 Å². The van der Waals surface area contributed by atoms with Gasteiger partial charge in [-0.15, -0.1) is 0 Å². The summed E-state index contributed by atoms with van der Waals surface area (Å²) >= 11 is 5.80. The van der Waals surface area contributed by atoms with E-state index in [9.17, 15) is 0 Å². The quantitative estimate of drug-likeness (QED) is 0.606. The molecule has 0 aromatic heterocycles. The molecule has 2 radical (unpaired) electrons. The highest BCUT2D eigenvalue weighted by Crippen LogP contribution is 2.21. The molecule has 0 unspecified atom stereocenters. The van der Waals surface area contributed by atoms with Crippen LogP contribution in [-0.2, 0) is 0 Å². The van der Waals surface area contributed by atoms with E-state index in [1.165, 1.54) is 0 Å². The van der Waals surface area contributed by atoms with Crippen molar-refractivity contribution in [2.45, 2.75) is 6.92 Å². The summed E-state index contributed by atoms with van der Waals surface area (Å²) in [5, 5.41) is 0.562. The Morgan fingerprint density at radius 3 is 2.82 bits per heavy atom. The van der Waals surface area contributed by atoms with Crippen molar-refractivity contribution in [3.8, 4) is 5.75 Å². The molecular weight excluding hydrogens is 158 g/mol. The highest BCUT2D eigenvalue weighted by atomic mass is 35.5. The van der Waals surface area contributed by atoms with E-state index in [0.29, 0.717) is 22.8 Å². The Labute approximate surface area is 72.7 Å². The van der Waals surface area contributed by atoms with Crippen LogP contribution in [0.25, 0.3) is 0 Å². The van der Waals surface area contributed by atoms with Gasteiger partial charge in [0.15, 0.2) is 0 Å². The van der Waals surface area contributed by atoms with Gasteiger partial charge in [0.05, 0.1) is 11.6 Å². The first kappa shape index (κ1) is 8.47. The molecule has 0 spiro atoms. The van der Waals surface area contributed by atoms with E-state index in [4.69, 9.17) is 24.2 Å². The zero-order valence-electron chi connectivity index (χ0n) is 6.30. The van der Waals surface area contributed by atoms with Gasteiger partial charge in [0, 0.05) is 0 Å². The molecule has 56 valence electrons. The molecule has 0 fully saturated rings. The summed E-state index contributed by atoms with van der Waals surface area (Å²) in [6, 6.07) is 5.20. The minimum absolute atomic E-state index is 0.562. The summed E-state index contributed by atoms with van der Waals surface area (Å²) in [7, 11) is 5.48. The number of ether oxygens (including phenoxy) is 1. The second-order valence-electron chi connectivity index (χ2n) is 2.12. The third-order valence-electron chi connectivity index (χ3n) is 1.26. The first-order chi connectivity index (χ1) is 5.24. The highest BCUT2D eigenvalue weighted by Gasteiger charge is 1.98. The first-order valence-electron chi connectivity index (χ1n) is 3.42. The molecule has 0 saturated carbocycles. The van der Waals surface area contributed by atoms with Gasteiger partial charge < -0.3 is 4.74 Å². The Kier molecular flexibility index (Phi) is 2.83. The van der Waals surface area contributed by atoms with Crippen molar-refractivity contribution in [2.75, 3.05) is 6.61 Å². The topological polar surface area (TPSA) is 9.23 Å². The fourth-order valence-electron chi connectivity index (χ4n) is 0.790. The molecule has 1 aromatic rings. The standard InChI is InChI=1S/C8H8BClO/c1-2-11-8-4-3-6(9)5-7(8)10/h3-5H,2H2,1H3. The molecule has 0 aliphatic heterocycles. The first-order valence-corrected chi connectivity index (χ1v) is 3.79. The van der Waals surface area contributed by atoms with Crippen LogP contribution in [0.15, 0.2) is 18.2 Å². The molecule has 0 bridgehead atoms. The summed E-state index contributed by atoms with van der Waals surface area (Å²) in [5.41, 5.74) is 0.651. The zero-order valence-corrected chi connectivity index (χ0v) is 7.06. The normalized spacial score (nSPS) is 9.64. The Bertz CT molecular complexity index is 250. The van der Waals surface area contributed by atoms with E-state index in [-0.39, 0.29) is 0 Å². The number of halogens is 1. The maximum absolute atomic E-state index is 5.80. The van der Waals surface area contributed by atoms with Gasteiger partial charge in [-0.3, -0.25) is 0 Å². The highest BCUT2D eigenvalue weighted by molar-refractivity contribution is 6.37. The molecule has 0 aliphatic rings. The van der Waals surface area contributed by atoms with Crippen LogP contribution in [0.4, 0.5) is 0 Å². The van der Waals surface area contributed by atoms with E-state index < -0.39 is 0 Å². The molecule has 11 heavy (non-hydrogen) atoms. The van der Waals surface area contributed by atoms with Crippen molar-refractivity contribution in [1.82, 2.24) is 0 Å². The molecule has 0 aliphatic carbocycles. The summed E-state index contributed by atoms with van der Waals surface area (Å²) < 4.78 is 5.20. The lowest BCUT2D eigenvalue weighted by Gasteiger charge is -2.05. The van der Waals surface area contributed by atoms with Gasteiger partial charge in [-0.2, -0.15) is 0 Å². The average Bonchev–Trinajstić information content (AvgIpc) is 1.95. The maximum atomic E-state index is 5.80. The SMILES string of the molecule is [B]c1ccc(OCC)c(Cl)c1. The third-order valence-corrected chi connectivity index (χ3v) is 1.55. The minimum atomic E-state index is 0.562. The lowest BCUT2D eigenvalue weighted by molar-refractivity contribution is 0.340.